The van der Waals surface area contributed by atoms with Crippen LogP contribution < -0.4 is 0 Å². The van der Waals surface area contributed by atoms with E-state index in [4.69, 9.17) is 0 Å². The molecule has 0 saturated carbocycles. The number of fused-ring (bicyclic) bond motifs is 1. The van der Waals surface area contributed by atoms with Gasteiger partial charge in [0.2, 0.25) is 0 Å². The van der Waals surface area contributed by atoms with Crippen LogP contribution in [0.5, 0.6) is 0 Å². The summed E-state index contributed by atoms with van der Waals surface area (Å²) in [6, 6.07) is 16.8. The molecule has 106 valence electrons. The molecule has 0 fully saturated rings. The Bertz CT molecular complexity index is 789. The van der Waals surface area contributed by atoms with E-state index in [1.807, 2.05) is 30.3 Å². The maximum Gasteiger partial charge on any atom is 0.123 e. The molecule has 21 heavy (non-hydrogen) atoms. The molecule has 0 bridgehead atoms. The van der Waals surface area contributed by atoms with Gasteiger partial charge in [-0.2, -0.15) is 0 Å². The van der Waals surface area contributed by atoms with Crippen LogP contribution in [0, 0.1) is 5.82 Å². The van der Waals surface area contributed by atoms with E-state index in [1.165, 1.54) is 6.07 Å². The van der Waals surface area contributed by atoms with E-state index < -0.39 is 0 Å². The van der Waals surface area contributed by atoms with Crippen LogP contribution >= 0.6 is 31.9 Å². The second-order valence-corrected chi connectivity index (χ2v) is 6.79. The molecule has 0 aliphatic rings. The lowest BCUT2D eigenvalue weighted by molar-refractivity contribution is 0.624. The quantitative estimate of drug-likeness (QED) is 0.498. The van der Waals surface area contributed by atoms with Gasteiger partial charge >= 0.3 is 0 Å². The summed E-state index contributed by atoms with van der Waals surface area (Å²) in [6.45, 7) is 0. The van der Waals surface area contributed by atoms with Crippen molar-refractivity contribution in [3.8, 4) is 0 Å². The Morgan fingerprint density at radius 1 is 1.05 bits per heavy atom. The lowest BCUT2D eigenvalue weighted by atomic mass is 10.1. The first kappa shape index (κ1) is 14.7. The zero-order chi connectivity index (χ0) is 14.8. The van der Waals surface area contributed by atoms with Gasteiger partial charge in [-0.15, -0.1) is 0 Å². The first-order chi connectivity index (χ1) is 10.1. The Morgan fingerprint density at radius 3 is 2.71 bits per heavy atom. The van der Waals surface area contributed by atoms with Gasteiger partial charge in [-0.05, 0) is 35.9 Å². The Labute approximate surface area is 139 Å². The van der Waals surface area contributed by atoms with E-state index in [9.17, 15) is 4.39 Å². The maximum absolute atomic E-state index is 13.4. The number of aromatic nitrogens is 1. The fraction of sp³-hybridized carbons (Fsp3) is 0.118. The minimum absolute atomic E-state index is 0.0104. The zero-order valence-electron chi connectivity index (χ0n) is 11.1. The molecule has 0 aliphatic carbocycles. The van der Waals surface area contributed by atoms with Crippen LogP contribution in [-0.4, -0.2) is 4.98 Å². The highest BCUT2D eigenvalue weighted by Crippen LogP contribution is 2.33. The molecule has 1 heterocycles. The van der Waals surface area contributed by atoms with Gasteiger partial charge in [0.25, 0.3) is 0 Å². The van der Waals surface area contributed by atoms with Crippen LogP contribution in [0.1, 0.15) is 16.1 Å². The molecule has 0 amide bonds. The van der Waals surface area contributed by atoms with Crippen molar-refractivity contribution in [2.75, 3.05) is 0 Å². The molecule has 3 rings (SSSR count). The fourth-order valence-electron chi connectivity index (χ4n) is 2.27. The van der Waals surface area contributed by atoms with Gasteiger partial charge in [0.15, 0.2) is 0 Å². The van der Waals surface area contributed by atoms with Crippen molar-refractivity contribution in [3.63, 3.8) is 0 Å². The fourth-order valence-corrected chi connectivity index (χ4v) is 3.81. The minimum Gasteiger partial charge on any atom is -0.253 e. The molecule has 0 N–H and O–H groups in total. The van der Waals surface area contributed by atoms with Crippen molar-refractivity contribution in [3.05, 3.63) is 76.1 Å². The molecule has 2 aromatic carbocycles. The second kappa shape index (κ2) is 6.24. The van der Waals surface area contributed by atoms with E-state index >= 15 is 0 Å². The lowest BCUT2D eigenvalue weighted by Crippen LogP contribution is -1.99. The van der Waals surface area contributed by atoms with Gasteiger partial charge in [-0.25, -0.2) is 4.39 Å². The molecule has 4 heteroatoms. The van der Waals surface area contributed by atoms with E-state index in [0.717, 1.165) is 26.6 Å². The Balaban J connectivity index is 1.88. The molecule has 1 nitrogen and oxygen atoms in total. The summed E-state index contributed by atoms with van der Waals surface area (Å²) in [7, 11) is 0. The van der Waals surface area contributed by atoms with Gasteiger partial charge in [-0.3, -0.25) is 4.98 Å². The number of benzene rings is 2. The third-order valence-corrected chi connectivity index (χ3v) is 4.88. The monoisotopic (exact) mass is 407 g/mol. The van der Waals surface area contributed by atoms with Crippen LogP contribution in [-0.2, 0) is 6.42 Å². The Hall–Kier alpha value is -1.26. The highest BCUT2D eigenvalue weighted by molar-refractivity contribution is 9.11. The molecule has 1 aromatic heterocycles. The molecule has 0 spiro atoms. The number of alkyl halides is 1. The van der Waals surface area contributed by atoms with Crippen LogP contribution in [0.25, 0.3) is 10.9 Å². The number of para-hydroxylation sites is 1. The number of nitrogens with zero attached hydrogens (tertiary/aromatic N) is 1. The number of halogens is 3. The minimum atomic E-state index is -0.232. The molecule has 1 unspecified atom stereocenters. The zero-order valence-corrected chi connectivity index (χ0v) is 14.2. The van der Waals surface area contributed by atoms with Gasteiger partial charge in [0.05, 0.1) is 5.52 Å². The third kappa shape index (κ3) is 3.33. The SMILES string of the molecule is Fc1ccc(Br)c(C(Br)Cc2ccc3ccccc3n2)c1. The molecule has 1 atom stereocenters. The molecular weight excluding hydrogens is 397 g/mol. The van der Waals surface area contributed by atoms with Gasteiger partial charge < -0.3 is 0 Å². The first-order valence-corrected chi connectivity index (χ1v) is 8.28. The smallest absolute Gasteiger partial charge is 0.123 e. The molecule has 0 aliphatic heterocycles. The first-order valence-electron chi connectivity index (χ1n) is 6.57. The van der Waals surface area contributed by atoms with E-state index in [-0.39, 0.29) is 10.6 Å². The number of hydrogen-bond donors (Lipinski definition) is 0. The lowest BCUT2D eigenvalue weighted by Gasteiger charge is -2.12. The van der Waals surface area contributed by atoms with Crippen LogP contribution in [0.15, 0.2) is 59.1 Å². The largest absolute Gasteiger partial charge is 0.253 e. The van der Waals surface area contributed by atoms with Gasteiger partial charge in [0.1, 0.15) is 5.82 Å². The summed E-state index contributed by atoms with van der Waals surface area (Å²) >= 11 is 7.10. The molecule has 3 aromatic rings. The summed E-state index contributed by atoms with van der Waals surface area (Å²) in [5.74, 6) is -0.232. The highest BCUT2D eigenvalue weighted by Gasteiger charge is 2.14. The predicted molar refractivity (Wildman–Crippen MR) is 91.2 cm³/mol. The van der Waals surface area contributed by atoms with Crippen molar-refractivity contribution in [2.45, 2.75) is 11.2 Å². The number of hydrogen-bond acceptors (Lipinski definition) is 1. The normalized spacial score (nSPS) is 12.5. The number of pyridine rings is 1. The van der Waals surface area contributed by atoms with Crippen molar-refractivity contribution in [2.24, 2.45) is 0 Å². The third-order valence-electron chi connectivity index (χ3n) is 3.34. The summed E-state index contributed by atoms with van der Waals surface area (Å²) in [6.07, 6.45) is 0.701. The highest BCUT2D eigenvalue weighted by atomic mass is 79.9. The van der Waals surface area contributed by atoms with Crippen molar-refractivity contribution >= 4 is 42.8 Å². The molecular formula is C17H12Br2FN. The van der Waals surface area contributed by atoms with Crippen molar-refractivity contribution < 1.29 is 4.39 Å². The predicted octanol–water partition coefficient (Wildman–Crippen LogP) is 5.82. The average Bonchev–Trinajstić information content (AvgIpc) is 2.49. The van der Waals surface area contributed by atoms with Crippen LogP contribution in [0.3, 0.4) is 0 Å². The van der Waals surface area contributed by atoms with Crippen molar-refractivity contribution in [1.82, 2.24) is 4.98 Å². The summed E-state index contributed by atoms with van der Waals surface area (Å²) in [4.78, 5) is 4.66. The Kier molecular flexibility index (Phi) is 4.36. The summed E-state index contributed by atoms with van der Waals surface area (Å²) in [5, 5.41) is 1.12. The Morgan fingerprint density at radius 2 is 1.86 bits per heavy atom. The standard InChI is InChI=1S/C17H12Br2FN/c18-15-8-6-12(20)9-14(15)16(19)10-13-7-5-11-3-1-2-4-17(11)21-13/h1-9,16H,10H2. The maximum atomic E-state index is 13.4. The average molecular weight is 409 g/mol. The van der Waals surface area contributed by atoms with E-state index in [2.05, 4.69) is 42.9 Å². The number of rotatable bonds is 3. The van der Waals surface area contributed by atoms with Gasteiger partial charge in [0, 0.05) is 26.8 Å². The van der Waals surface area contributed by atoms with Gasteiger partial charge in [-0.1, -0.05) is 56.1 Å². The van der Waals surface area contributed by atoms with E-state index in [0.29, 0.717) is 6.42 Å². The topological polar surface area (TPSA) is 12.9 Å². The van der Waals surface area contributed by atoms with Crippen molar-refractivity contribution in [1.29, 1.82) is 0 Å². The molecule has 0 saturated heterocycles. The van der Waals surface area contributed by atoms with E-state index in [1.54, 1.807) is 12.1 Å². The second-order valence-electron chi connectivity index (χ2n) is 4.83. The van der Waals surface area contributed by atoms with Crippen LogP contribution in [0.4, 0.5) is 4.39 Å². The van der Waals surface area contributed by atoms with Crippen LogP contribution in [0.2, 0.25) is 0 Å². The summed E-state index contributed by atoms with van der Waals surface area (Å²) < 4.78 is 14.3. The summed E-state index contributed by atoms with van der Waals surface area (Å²) in [5.41, 5.74) is 2.85. The molecule has 0 radical (unpaired) electrons.